The molecule has 0 unspecified atom stereocenters. The van der Waals surface area contributed by atoms with Crippen molar-refractivity contribution in [2.24, 2.45) is 5.73 Å². The smallest absolute Gasteiger partial charge is 0.407 e. The lowest BCUT2D eigenvalue weighted by Gasteiger charge is -2.32. The van der Waals surface area contributed by atoms with Crippen LogP contribution in [0.1, 0.15) is 0 Å². The van der Waals surface area contributed by atoms with Gasteiger partial charge < -0.3 is 15.8 Å². The zero-order valence-electron chi connectivity index (χ0n) is 16.1. The van der Waals surface area contributed by atoms with Gasteiger partial charge in [0.05, 0.1) is 13.7 Å². The van der Waals surface area contributed by atoms with Crippen LogP contribution in [-0.4, -0.2) is 30.9 Å². The first-order chi connectivity index (χ1) is 14.1. The van der Waals surface area contributed by atoms with Crippen molar-refractivity contribution in [1.82, 2.24) is 5.32 Å². The molecule has 3 N–H and O–H groups in total. The Hall–Kier alpha value is -3.30. The Kier molecular flexibility index (Phi) is 6.53. The molecule has 6 heteroatoms. The molecule has 0 aliphatic rings. The summed E-state index contributed by atoms with van der Waals surface area (Å²) in [4.78, 5) is 24.6. The molecule has 0 radical (unpaired) electrons. The van der Waals surface area contributed by atoms with Crippen LogP contribution < -0.4 is 27.0 Å². The first-order valence-electron chi connectivity index (χ1n) is 9.14. The van der Waals surface area contributed by atoms with E-state index in [0.717, 1.165) is 15.9 Å². The first-order valence-corrected chi connectivity index (χ1v) is 10.9. The molecule has 3 rings (SSSR count). The number of amides is 2. The summed E-state index contributed by atoms with van der Waals surface area (Å²) in [5, 5.41) is 6.06. The van der Waals surface area contributed by atoms with E-state index in [1.165, 1.54) is 7.11 Å². The molecule has 29 heavy (non-hydrogen) atoms. The molecule has 0 saturated heterocycles. The first kappa shape index (κ1) is 20.4. The van der Waals surface area contributed by atoms with Crippen LogP contribution in [0.4, 0.5) is 4.79 Å². The number of rotatable bonds is 6. The minimum absolute atomic E-state index is 0.00549. The van der Waals surface area contributed by atoms with E-state index in [0.29, 0.717) is 5.29 Å². The van der Waals surface area contributed by atoms with Crippen molar-refractivity contribution in [2.45, 2.75) is 0 Å². The fourth-order valence-corrected chi connectivity index (χ4v) is 7.80. The van der Waals surface area contributed by atoms with Gasteiger partial charge in [-0.1, -0.05) is 91.0 Å². The van der Waals surface area contributed by atoms with Gasteiger partial charge in [0, 0.05) is 5.29 Å². The number of carbonyl (C=O) groups is 2. The van der Waals surface area contributed by atoms with Crippen LogP contribution in [-0.2, 0) is 9.53 Å². The number of nitrogens with two attached hydrogens (primary N) is 1. The van der Waals surface area contributed by atoms with Gasteiger partial charge in [0.15, 0.2) is 0 Å². The third kappa shape index (κ3) is 4.10. The second kappa shape index (κ2) is 9.26. The normalized spacial score (nSPS) is 10.8. The molecule has 0 heterocycles. The zero-order valence-corrected chi connectivity index (χ0v) is 17.0. The van der Waals surface area contributed by atoms with Gasteiger partial charge in [0.25, 0.3) is 0 Å². The predicted octanol–water partition coefficient (Wildman–Crippen LogP) is 1.99. The van der Waals surface area contributed by atoms with Gasteiger partial charge in [-0.05, 0) is 22.8 Å². The summed E-state index contributed by atoms with van der Waals surface area (Å²) >= 11 is 0. The molecule has 0 spiro atoms. The van der Waals surface area contributed by atoms with Crippen LogP contribution in [0.2, 0.25) is 0 Å². The lowest BCUT2D eigenvalue weighted by Crippen LogP contribution is -2.42. The summed E-state index contributed by atoms with van der Waals surface area (Å²) in [6, 6.07) is 29.5. The Balaban J connectivity index is 2.47. The number of benzene rings is 3. The number of nitrogens with one attached hydrogen (secondary N) is 1. The van der Waals surface area contributed by atoms with E-state index in [4.69, 9.17) is 10.5 Å². The highest BCUT2D eigenvalue weighted by Gasteiger charge is 2.32. The molecule has 0 aliphatic carbocycles. The molecular weight excluding hydrogens is 383 g/mol. The Morgan fingerprint density at radius 3 is 1.48 bits per heavy atom. The number of hydrogen-bond acceptors (Lipinski definition) is 3. The van der Waals surface area contributed by atoms with Crippen molar-refractivity contribution in [3.8, 4) is 0 Å². The predicted molar refractivity (Wildman–Crippen MR) is 120 cm³/mol. The summed E-state index contributed by atoms with van der Waals surface area (Å²) in [5.74, 6) is -0.550. The van der Waals surface area contributed by atoms with Crippen molar-refractivity contribution in [2.75, 3.05) is 13.7 Å². The molecule has 0 aromatic heterocycles. The maximum Gasteiger partial charge on any atom is 0.407 e. The molecule has 3 aromatic carbocycles. The fraction of sp³-hybridized carbons (Fsp3) is 0.0870. The third-order valence-electron chi connectivity index (χ3n) is 4.71. The molecule has 148 valence electrons. The summed E-state index contributed by atoms with van der Waals surface area (Å²) in [6.07, 6.45) is -0.615. The van der Waals surface area contributed by atoms with Crippen LogP contribution in [0.15, 0.2) is 91.0 Å². The van der Waals surface area contributed by atoms with Crippen LogP contribution in [0.5, 0.6) is 0 Å². The highest BCUT2D eigenvalue weighted by atomic mass is 31.2. The van der Waals surface area contributed by atoms with Crippen molar-refractivity contribution >= 4 is 40.1 Å². The van der Waals surface area contributed by atoms with Crippen LogP contribution in [0.3, 0.4) is 0 Å². The van der Waals surface area contributed by atoms with Crippen LogP contribution in [0, 0.1) is 0 Å². The Morgan fingerprint density at radius 1 is 0.793 bits per heavy atom. The Bertz CT molecular complexity index is 932. The second-order valence-corrected chi connectivity index (χ2v) is 9.76. The van der Waals surface area contributed by atoms with Gasteiger partial charge in [0.1, 0.15) is 0 Å². The van der Waals surface area contributed by atoms with E-state index < -0.39 is 18.9 Å². The largest absolute Gasteiger partial charge is 0.453 e. The van der Waals surface area contributed by atoms with Crippen molar-refractivity contribution < 1.29 is 14.3 Å². The molecule has 0 aliphatic heterocycles. The molecule has 0 atom stereocenters. The lowest BCUT2D eigenvalue weighted by atomic mass is 10.3. The van der Waals surface area contributed by atoms with E-state index in [1.54, 1.807) is 0 Å². The summed E-state index contributed by atoms with van der Waals surface area (Å²) in [5.41, 5.74) is 5.92. The Morgan fingerprint density at radius 2 is 1.17 bits per heavy atom. The number of alkyl carbamates (subject to hydrolysis) is 1. The van der Waals surface area contributed by atoms with Gasteiger partial charge in [0.2, 0.25) is 5.91 Å². The quantitative estimate of drug-likeness (QED) is 0.615. The van der Waals surface area contributed by atoms with Gasteiger partial charge in [-0.2, -0.15) is 0 Å². The number of methoxy groups -OCH3 is 1. The third-order valence-corrected chi connectivity index (χ3v) is 9.11. The van der Waals surface area contributed by atoms with Crippen molar-refractivity contribution in [1.29, 1.82) is 0 Å². The summed E-state index contributed by atoms with van der Waals surface area (Å²) < 4.78 is 4.71. The fourth-order valence-electron chi connectivity index (χ4n) is 3.47. The Labute approximate surface area is 170 Å². The second-order valence-electron chi connectivity index (χ2n) is 6.33. The monoisotopic (exact) mass is 406 g/mol. The molecule has 5 nitrogen and oxygen atoms in total. The maximum atomic E-state index is 12.8. The standard InChI is InChI=1S/C23H23N2O3P/c1-28-23(27)25-17-21(22(24)26)29(18-11-5-2-6-12-18,19-13-7-3-8-14-19)20-15-9-4-10-16-20/h2-16H,17H2,1H3,(H2,24,26)(H,25,27). The van der Waals surface area contributed by atoms with Crippen molar-refractivity contribution in [3.05, 3.63) is 91.0 Å². The topological polar surface area (TPSA) is 81.4 Å². The van der Waals surface area contributed by atoms with E-state index in [-0.39, 0.29) is 6.54 Å². The average Bonchev–Trinajstić information content (AvgIpc) is 2.78. The summed E-state index contributed by atoms with van der Waals surface area (Å²) in [7, 11) is 1.28. The molecule has 0 fully saturated rings. The van der Waals surface area contributed by atoms with Gasteiger partial charge >= 0.3 is 6.09 Å². The minimum atomic E-state index is -2.61. The highest BCUT2D eigenvalue weighted by molar-refractivity contribution is 7.96. The number of primary amides is 1. The molecule has 2 amide bonds. The lowest BCUT2D eigenvalue weighted by molar-refractivity contribution is -0.111. The molecular formula is C23H23N2O3P. The SMILES string of the molecule is COC(=O)NCC(C(N)=O)=P(c1ccccc1)(c1ccccc1)c1ccccc1. The maximum absolute atomic E-state index is 12.8. The zero-order chi connectivity index (χ0) is 20.7. The van der Waals surface area contributed by atoms with Crippen LogP contribution >= 0.6 is 6.89 Å². The van der Waals surface area contributed by atoms with E-state index >= 15 is 0 Å². The molecule has 0 bridgehead atoms. The highest BCUT2D eigenvalue weighted by Crippen LogP contribution is 2.45. The van der Waals surface area contributed by atoms with Crippen molar-refractivity contribution in [3.63, 3.8) is 0 Å². The van der Waals surface area contributed by atoms with Gasteiger partial charge in [-0.15, -0.1) is 0 Å². The number of carbonyl (C=O) groups excluding carboxylic acids is 2. The van der Waals surface area contributed by atoms with E-state index in [1.807, 2.05) is 91.0 Å². The summed E-state index contributed by atoms with van der Waals surface area (Å²) in [6.45, 7) is -2.62. The van der Waals surface area contributed by atoms with Gasteiger partial charge in [-0.25, -0.2) is 4.79 Å². The number of ether oxygens (including phenoxy) is 1. The average molecular weight is 406 g/mol. The molecule has 0 saturated carbocycles. The minimum Gasteiger partial charge on any atom is -0.453 e. The number of hydrogen-bond donors (Lipinski definition) is 2. The van der Waals surface area contributed by atoms with E-state index in [9.17, 15) is 9.59 Å². The van der Waals surface area contributed by atoms with E-state index in [2.05, 4.69) is 5.32 Å². The molecule has 3 aromatic rings. The van der Waals surface area contributed by atoms with Gasteiger partial charge in [-0.3, -0.25) is 4.79 Å². The van der Waals surface area contributed by atoms with Crippen LogP contribution in [0.25, 0.3) is 0 Å².